The van der Waals surface area contributed by atoms with Gasteiger partial charge in [-0.15, -0.1) is 11.6 Å². The van der Waals surface area contributed by atoms with Crippen molar-refractivity contribution in [1.82, 2.24) is 4.98 Å². The second-order valence-corrected chi connectivity index (χ2v) is 4.20. The van der Waals surface area contributed by atoms with E-state index in [4.69, 9.17) is 11.6 Å². The van der Waals surface area contributed by atoms with Crippen molar-refractivity contribution in [3.63, 3.8) is 0 Å². The summed E-state index contributed by atoms with van der Waals surface area (Å²) in [6.45, 7) is 0.522. The van der Waals surface area contributed by atoms with Crippen LogP contribution in [0.1, 0.15) is 12.0 Å². The van der Waals surface area contributed by atoms with Crippen LogP contribution in [-0.2, 0) is 11.4 Å². The van der Waals surface area contributed by atoms with Crippen LogP contribution in [0.2, 0.25) is 0 Å². The summed E-state index contributed by atoms with van der Waals surface area (Å²) in [6.07, 6.45) is 3.69. The van der Waals surface area contributed by atoms with Gasteiger partial charge in [-0.2, -0.15) is 0 Å². The maximum absolute atomic E-state index is 11.8. The van der Waals surface area contributed by atoms with Crippen molar-refractivity contribution in [2.75, 3.05) is 17.3 Å². The molecule has 0 aromatic carbocycles. The van der Waals surface area contributed by atoms with Gasteiger partial charge in [0.05, 0.1) is 18.5 Å². The normalized spacial score (nSPS) is 20.5. The molecule has 86 valence electrons. The molecule has 1 saturated heterocycles. The number of aromatic nitrogens is 1. The minimum absolute atomic E-state index is 0.0494. The van der Waals surface area contributed by atoms with E-state index in [1.807, 2.05) is 0 Å². The fraction of sp³-hybridized carbons (Fsp3) is 0.455. The molecule has 1 fully saturated rings. The highest BCUT2D eigenvalue weighted by Gasteiger charge is 2.31. The first-order valence-corrected chi connectivity index (χ1v) is 5.69. The van der Waals surface area contributed by atoms with Gasteiger partial charge in [0.15, 0.2) is 0 Å². The van der Waals surface area contributed by atoms with Crippen molar-refractivity contribution < 1.29 is 9.90 Å². The van der Waals surface area contributed by atoms with Crippen LogP contribution in [0.25, 0.3) is 0 Å². The predicted octanol–water partition coefficient (Wildman–Crippen LogP) is 1.17. The number of pyridine rings is 1. The Kier molecular flexibility index (Phi) is 3.41. The highest BCUT2D eigenvalue weighted by atomic mass is 35.5. The van der Waals surface area contributed by atoms with Crippen LogP contribution in [0.3, 0.4) is 0 Å². The maximum atomic E-state index is 11.8. The van der Waals surface area contributed by atoms with Gasteiger partial charge in [0.25, 0.3) is 0 Å². The Hall–Kier alpha value is -1.13. The van der Waals surface area contributed by atoms with Gasteiger partial charge in [0.1, 0.15) is 0 Å². The number of hydrogen-bond donors (Lipinski definition) is 1. The van der Waals surface area contributed by atoms with Crippen molar-refractivity contribution in [2.24, 2.45) is 5.92 Å². The number of nitrogens with zero attached hydrogens (tertiary/aromatic N) is 2. The molecule has 0 spiro atoms. The van der Waals surface area contributed by atoms with Crippen LogP contribution in [0.5, 0.6) is 0 Å². The molecule has 1 amide bonds. The lowest BCUT2D eigenvalue weighted by molar-refractivity contribution is -0.117. The van der Waals surface area contributed by atoms with E-state index in [-0.39, 0.29) is 18.4 Å². The van der Waals surface area contributed by atoms with Gasteiger partial charge in [0.2, 0.25) is 5.91 Å². The summed E-state index contributed by atoms with van der Waals surface area (Å²) in [5, 5.41) is 9.20. The molecule has 0 bridgehead atoms. The Balaban J connectivity index is 2.27. The van der Waals surface area contributed by atoms with E-state index < -0.39 is 0 Å². The molecule has 5 heteroatoms. The lowest BCUT2D eigenvalue weighted by Crippen LogP contribution is -2.26. The van der Waals surface area contributed by atoms with Gasteiger partial charge in [-0.05, 0) is 12.0 Å². The Bertz CT molecular complexity index is 397. The molecule has 2 rings (SSSR count). The molecule has 0 aliphatic carbocycles. The first kappa shape index (κ1) is 11.4. The quantitative estimate of drug-likeness (QED) is 0.807. The second-order valence-electron chi connectivity index (χ2n) is 3.89. The van der Waals surface area contributed by atoms with Crippen LogP contribution >= 0.6 is 11.6 Å². The molecule has 1 N–H and O–H groups in total. The topological polar surface area (TPSA) is 53.4 Å². The molecular formula is C11H13ClN2O2. The van der Waals surface area contributed by atoms with E-state index in [0.717, 1.165) is 5.56 Å². The van der Waals surface area contributed by atoms with Crippen molar-refractivity contribution in [2.45, 2.75) is 13.0 Å². The number of aliphatic hydroxyl groups is 1. The smallest absolute Gasteiger partial charge is 0.227 e. The third kappa shape index (κ3) is 2.03. The van der Waals surface area contributed by atoms with Crippen LogP contribution in [0, 0.1) is 5.92 Å². The molecule has 1 unspecified atom stereocenters. The van der Waals surface area contributed by atoms with Crippen molar-refractivity contribution in [1.29, 1.82) is 0 Å². The molecule has 0 saturated carbocycles. The highest BCUT2D eigenvalue weighted by molar-refractivity contribution is 6.18. The van der Waals surface area contributed by atoms with E-state index in [9.17, 15) is 9.90 Å². The molecule has 16 heavy (non-hydrogen) atoms. The molecule has 2 heterocycles. The van der Waals surface area contributed by atoms with E-state index in [1.165, 1.54) is 0 Å². The number of carbonyl (C=O) groups is 1. The van der Waals surface area contributed by atoms with Crippen molar-refractivity contribution >= 4 is 23.2 Å². The van der Waals surface area contributed by atoms with Gasteiger partial charge in [-0.3, -0.25) is 9.78 Å². The fourth-order valence-electron chi connectivity index (χ4n) is 1.91. The lowest BCUT2D eigenvalue weighted by atomic mass is 10.1. The van der Waals surface area contributed by atoms with Gasteiger partial charge in [0, 0.05) is 30.6 Å². The summed E-state index contributed by atoms with van der Waals surface area (Å²) in [4.78, 5) is 17.4. The first-order chi connectivity index (χ1) is 7.76. The zero-order valence-corrected chi connectivity index (χ0v) is 9.52. The number of anilines is 1. The summed E-state index contributed by atoms with van der Waals surface area (Å²) >= 11 is 5.76. The van der Waals surface area contributed by atoms with E-state index >= 15 is 0 Å². The third-order valence-electron chi connectivity index (χ3n) is 2.77. The number of alkyl halides is 1. The molecular weight excluding hydrogens is 228 g/mol. The zero-order valence-electron chi connectivity index (χ0n) is 8.77. The first-order valence-electron chi connectivity index (χ1n) is 5.16. The maximum Gasteiger partial charge on any atom is 0.227 e. The molecule has 1 aliphatic rings. The third-order valence-corrected chi connectivity index (χ3v) is 3.21. The SMILES string of the molecule is O=C1CC(CCl)CN1c1cnccc1CO. The molecule has 1 aromatic heterocycles. The minimum atomic E-state index is -0.0901. The summed E-state index contributed by atoms with van der Waals surface area (Å²) in [5.74, 6) is 0.728. The Morgan fingerprint density at radius 1 is 1.62 bits per heavy atom. The number of halogens is 1. The second kappa shape index (κ2) is 4.80. The Morgan fingerprint density at radius 2 is 2.44 bits per heavy atom. The highest BCUT2D eigenvalue weighted by Crippen LogP contribution is 2.27. The van der Waals surface area contributed by atoms with E-state index in [0.29, 0.717) is 24.5 Å². The molecule has 1 aromatic rings. The Morgan fingerprint density at radius 3 is 3.06 bits per heavy atom. The summed E-state index contributed by atoms with van der Waals surface area (Å²) in [5.41, 5.74) is 1.42. The van der Waals surface area contributed by atoms with Crippen LogP contribution < -0.4 is 4.90 Å². The summed E-state index contributed by atoms with van der Waals surface area (Å²) in [7, 11) is 0. The average molecular weight is 241 g/mol. The van der Waals surface area contributed by atoms with Crippen LogP contribution in [0.15, 0.2) is 18.5 Å². The number of carbonyl (C=O) groups excluding carboxylic acids is 1. The number of aliphatic hydroxyl groups excluding tert-OH is 1. The molecule has 4 nitrogen and oxygen atoms in total. The van der Waals surface area contributed by atoms with Gasteiger partial charge in [-0.1, -0.05) is 0 Å². The van der Waals surface area contributed by atoms with Crippen LogP contribution in [0.4, 0.5) is 5.69 Å². The van der Waals surface area contributed by atoms with Crippen molar-refractivity contribution in [3.05, 3.63) is 24.0 Å². The Labute approximate surface area is 98.9 Å². The average Bonchev–Trinajstić information content (AvgIpc) is 2.70. The van der Waals surface area contributed by atoms with Crippen LogP contribution in [-0.4, -0.2) is 28.4 Å². The summed E-state index contributed by atoms with van der Waals surface area (Å²) in [6, 6.07) is 1.72. The largest absolute Gasteiger partial charge is 0.392 e. The molecule has 1 aliphatic heterocycles. The van der Waals surface area contributed by atoms with Gasteiger partial charge >= 0.3 is 0 Å². The molecule has 1 atom stereocenters. The lowest BCUT2D eigenvalue weighted by Gasteiger charge is -2.18. The standard InChI is InChI=1S/C11H13ClN2O2/c12-4-8-3-11(16)14(6-8)10-5-13-2-1-9(10)7-15/h1-2,5,8,15H,3-4,6-7H2. The van der Waals surface area contributed by atoms with Gasteiger partial charge in [-0.25, -0.2) is 0 Å². The number of amides is 1. The van der Waals surface area contributed by atoms with Crippen molar-refractivity contribution in [3.8, 4) is 0 Å². The van der Waals surface area contributed by atoms with Gasteiger partial charge < -0.3 is 10.0 Å². The predicted molar refractivity (Wildman–Crippen MR) is 61.3 cm³/mol. The zero-order chi connectivity index (χ0) is 11.5. The summed E-state index contributed by atoms with van der Waals surface area (Å²) < 4.78 is 0. The minimum Gasteiger partial charge on any atom is -0.392 e. The molecule has 0 radical (unpaired) electrons. The number of rotatable bonds is 3. The van der Waals surface area contributed by atoms with E-state index in [2.05, 4.69) is 4.98 Å². The monoisotopic (exact) mass is 240 g/mol. The van der Waals surface area contributed by atoms with E-state index in [1.54, 1.807) is 23.4 Å². The fourth-order valence-corrected chi connectivity index (χ4v) is 2.12. The number of hydrogen-bond acceptors (Lipinski definition) is 3.